The second-order valence-electron chi connectivity index (χ2n) is 4.09. The van der Waals surface area contributed by atoms with E-state index in [1.165, 1.54) is 4.88 Å². The third kappa shape index (κ3) is 2.93. The molecule has 3 heteroatoms. The number of rotatable bonds is 5. The number of thiophene rings is 1. The molecule has 1 heterocycles. The number of aryl methyl sites for hydroxylation is 1. The largest absolute Gasteiger partial charge is 0.329 e. The first-order valence-corrected chi connectivity index (χ1v) is 5.70. The van der Waals surface area contributed by atoms with Crippen molar-refractivity contribution in [1.82, 2.24) is 0 Å². The molecule has 1 aromatic rings. The maximum atomic E-state index is 11.7. The SMILES string of the molecule is CC(C)(CN)C(=O)CCc1cccs1. The van der Waals surface area contributed by atoms with E-state index < -0.39 is 0 Å². The fourth-order valence-electron chi connectivity index (χ4n) is 1.14. The van der Waals surface area contributed by atoms with Crippen LogP contribution < -0.4 is 5.73 Å². The highest BCUT2D eigenvalue weighted by atomic mass is 32.1. The van der Waals surface area contributed by atoms with Gasteiger partial charge >= 0.3 is 0 Å². The van der Waals surface area contributed by atoms with Crippen molar-refractivity contribution in [2.45, 2.75) is 26.7 Å². The van der Waals surface area contributed by atoms with Gasteiger partial charge in [0.15, 0.2) is 0 Å². The minimum Gasteiger partial charge on any atom is -0.329 e. The second kappa shape index (κ2) is 4.71. The maximum Gasteiger partial charge on any atom is 0.140 e. The van der Waals surface area contributed by atoms with Gasteiger partial charge in [0.05, 0.1) is 0 Å². The van der Waals surface area contributed by atoms with Crippen LogP contribution in [-0.4, -0.2) is 12.3 Å². The van der Waals surface area contributed by atoms with Crippen LogP contribution in [-0.2, 0) is 11.2 Å². The Hall–Kier alpha value is -0.670. The highest BCUT2D eigenvalue weighted by molar-refractivity contribution is 7.09. The molecule has 14 heavy (non-hydrogen) atoms. The average molecular weight is 211 g/mol. The van der Waals surface area contributed by atoms with Gasteiger partial charge < -0.3 is 5.73 Å². The van der Waals surface area contributed by atoms with Crippen LogP contribution in [0.3, 0.4) is 0 Å². The molecule has 0 saturated carbocycles. The number of carbonyl (C=O) groups is 1. The molecule has 0 aliphatic rings. The van der Waals surface area contributed by atoms with Crippen LogP contribution in [0.1, 0.15) is 25.1 Å². The van der Waals surface area contributed by atoms with Gasteiger partial charge in [-0.2, -0.15) is 0 Å². The predicted octanol–water partition coefficient (Wildman–Crippen LogP) is 2.23. The van der Waals surface area contributed by atoms with E-state index in [1.807, 2.05) is 25.3 Å². The van der Waals surface area contributed by atoms with E-state index >= 15 is 0 Å². The Labute approximate surface area is 89.1 Å². The van der Waals surface area contributed by atoms with E-state index in [0.29, 0.717) is 13.0 Å². The van der Waals surface area contributed by atoms with Crippen LogP contribution in [0.4, 0.5) is 0 Å². The van der Waals surface area contributed by atoms with Crippen LogP contribution >= 0.6 is 11.3 Å². The summed E-state index contributed by atoms with van der Waals surface area (Å²) in [5, 5.41) is 2.04. The lowest BCUT2D eigenvalue weighted by Gasteiger charge is -2.20. The lowest BCUT2D eigenvalue weighted by atomic mass is 9.86. The van der Waals surface area contributed by atoms with Crippen molar-refractivity contribution in [2.24, 2.45) is 11.1 Å². The molecular weight excluding hydrogens is 194 g/mol. The fourth-order valence-corrected chi connectivity index (χ4v) is 1.85. The summed E-state index contributed by atoms with van der Waals surface area (Å²) in [6.45, 7) is 4.24. The first kappa shape index (κ1) is 11.4. The Morgan fingerprint density at radius 2 is 2.29 bits per heavy atom. The molecule has 0 fully saturated rings. The van der Waals surface area contributed by atoms with Crippen molar-refractivity contribution < 1.29 is 4.79 Å². The van der Waals surface area contributed by atoms with Crippen LogP contribution in [0.5, 0.6) is 0 Å². The molecule has 0 amide bonds. The maximum absolute atomic E-state index is 11.7. The van der Waals surface area contributed by atoms with E-state index in [1.54, 1.807) is 11.3 Å². The molecule has 2 nitrogen and oxygen atoms in total. The van der Waals surface area contributed by atoms with Crippen LogP contribution in [0, 0.1) is 5.41 Å². The molecule has 2 N–H and O–H groups in total. The summed E-state index contributed by atoms with van der Waals surface area (Å²) >= 11 is 1.70. The molecule has 0 aromatic carbocycles. The van der Waals surface area contributed by atoms with E-state index in [4.69, 9.17) is 5.73 Å². The number of nitrogens with two attached hydrogens (primary N) is 1. The van der Waals surface area contributed by atoms with Crippen LogP contribution in [0.2, 0.25) is 0 Å². The summed E-state index contributed by atoms with van der Waals surface area (Å²) < 4.78 is 0. The summed E-state index contributed by atoms with van der Waals surface area (Å²) in [7, 11) is 0. The molecule has 0 spiro atoms. The first-order valence-electron chi connectivity index (χ1n) is 4.82. The molecule has 0 aliphatic carbocycles. The number of carbonyl (C=O) groups excluding carboxylic acids is 1. The topological polar surface area (TPSA) is 43.1 Å². The quantitative estimate of drug-likeness (QED) is 0.811. The zero-order valence-corrected chi connectivity index (χ0v) is 9.56. The summed E-state index contributed by atoms with van der Waals surface area (Å²) in [5.41, 5.74) is 5.17. The lowest BCUT2D eigenvalue weighted by molar-refractivity contribution is -0.126. The monoisotopic (exact) mass is 211 g/mol. The van der Waals surface area contributed by atoms with Gasteiger partial charge in [0.25, 0.3) is 0 Å². The van der Waals surface area contributed by atoms with E-state index in [0.717, 1.165) is 6.42 Å². The molecule has 1 aromatic heterocycles. The Morgan fingerprint density at radius 1 is 1.57 bits per heavy atom. The van der Waals surface area contributed by atoms with Crippen molar-refractivity contribution in [3.63, 3.8) is 0 Å². The third-order valence-electron chi connectivity index (χ3n) is 2.44. The minimum atomic E-state index is -0.364. The Balaban J connectivity index is 2.43. The smallest absolute Gasteiger partial charge is 0.140 e. The van der Waals surface area contributed by atoms with Crippen LogP contribution in [0.25, 0.3) is 0 Å². The number of ketones is 1. The summed E-state index contributed by atoms with van der Waals surface area (Å²) in [6.07, 6.45) is 1.45. The van der Waals surface area contributed by atoms with Gasteiger partial charge in [-0.15, -0.1) is 11.3 Å². The molecule has 0 atom stereocenters. The molecule has 1 rings (SSSR count). The number of Topliss-reactive ketones (excluding diaryl/α,β-unsaturated/α-hetero) is 1. The standard InChI is InChI=1S/C11H17NOS/c1-11(2,8-12)10(13)6-5-9-4-3-7-14-9/h3-4,7H,5-6,8,12H2,1-2H3. The molecule has 0 aliphatic heterocycles. The summed E-state index contributed by atoms with van der Waals surface area (Å²) in [6, 6.07) is 4.08. The van der Waals surface area contributed by atoms with Gasteiger partial charge in [0, 0.05) is 23.3 Å². The first-order chi connectivity index (χ1) is 6.56. The molecule has 0 radical (unpaired) electrons. The van der Waals surface area contributed by atoms with Crippen molar-refractivity contribution in [3.8, 4) is 0 Å². The lowest BCUT2D eigenvalue weighted by Crippen LogP contribution is -2.32. The Bertz CT molecular complexity index is 290. The van der Waals surface area contributed by atoms with Crippen LogP contribution in [0.15, 0.2) is 17.5 Å². The van der Waals surface area contributed by atoms with Gasteiger partial charge in [-0.1, -0.05) is 19.9 Å². The zero-order valence-electron chi connectivity index (χ0n) is 8.75. The zero-order chi connectivity index (χ0) is 10.6. The van der Waals surface area contributed by atoms with E-state index in [2.05, 4.69) is 6.07 Å². The predicted molar refractivity (Wildman–Crippen MR) is 60.5 cm³/mol. The normalized spacial score (nSPS) is 11.6. The minimum absolute atomic E-state index is 0.258. The van der Waals surface area contributed by atoms with Crippen molar-refractivity contribution >= 4 is 17.1 Å². The van der Waals surface area contributed by atoms with Crippen molar-refractivity contribution in [2.75, 3.05) is 6.54 Å². The summed E-state index contributed by atoms with van der Waals surface area (Å²) in [4.78, 5) is 13.0. The van der Waals surface area contributed by atoms with Crippen molar-refractivity contribution in [1.29, 1.82) is 0 Å². The average Bonchev–Trinajstić information content (AvgIpc) is 2.66. The molecule has 0 unspecified atom stereocenters. The van der Waals surface area contributed by atoms with Gasteiger partial charge in [0.2, 0.25) is 0 Å². The van der Waals surface area contributed by atoms with Gasteiger partial charge in [0.1, 0.15) is 5.78 Å². The van der Waals surface area contributed by atoms with Gasteiger partial charge in [-0.05, 0) is 17.9 Å². The fraction of sp³-hybridized carbons (Fsp3) is 0.545. The van der Waals surface area contributed by atoms with E-state index in [9.17, 15) is 4.79 Å². The second-order valence-corrected chi connectivity index (χ2v) is 5.12. The van der Waals surface area contributed by atoms with Gasteiger partial charge in [-0.3, -0.25) is 4.79 Å². The highest BCUT2D eigenvalue weighted by Crippen LogP contribution is 2.19. The molecule has 0 saturated heterocycles. The summed E-state index contributed by atoms with van der Waals surface area (Å²) in [5.74, 6) is 0.258. The molecule has 0 bridgehead atoms. The Morgan fingerprint density at radius 3 is 2.79 bits per heavy atom. The number of hydrogen-bond acceptors (Lipinski definition) is 3. The molecule has 78 valence electrons. The molecular formula is C11H17NOS. The van der Waals surface area contributed by atoms with Crippen molar-refractivity contribution in [3.05, 3.63) is 22.4 Å². The highest BCUT2D eigenvalue weighted by Gasteiger charge is 2.24. The number of hydrogen-bond donors (Lipinski definition) is 1. The third-order valence-corrected chi connectivity index (χ3v) is 3.38. The Kier molecular flexibility index (Phi) is 3.84. The van der Waals surface area contributed by atoms with E-state index in [-0.39, 0.29) is 11.2 Å². The van der Waals surface area contributed by atoms with Gasteiger partial charge in [-0.25, -0.2) is 0 Å².